The van der Waals surface area contributed by atoms with Crippen molar-refractivity contribution in [1.82, 2.24) is 15.3 Å². The molecule has 0 aliphatic rings. The fourth-order valence-corrected chi connectivity index (χ4v) is 1.32. The number of hydrogen-bond acceptors (Lipinski definition) is 4. The van der Waals surface area contributed by atoms with Crippen LogP contribution < -0.4 is 10.6 Å². The molecule has 0 spiro atoms. The van der Waals surface area contributed by atoms with E-state index in [9.17, 15) is 4.79 Å². The number of carbonyl (C=O) groups excluding carboxylic acids is 1. The van der Waals surface area contributed by atoms with Crippen LogP contribution in [0, 0.1) is 0 Å². The van der Waals surface area contributed by atoms with Gasteiger partial charge in [-0.3, -0.25) is 4.79 Å². The minimum atomic E-state index is -0.271. The van der Waals surface area contributed by atoms with E-state index in [0.717, 1.165) is 6.42 Å². The summed E-state index contributed by atoms with van der Waals surface area (Å²) in [7, 11) is 0. The molecule has 0 bridgehead atoms. The fourth-order valence-electron chi connectivity index (χ4n) is 1.32. The van der Waals surface area contributed by atoms with E-state index in [4.69, 9.17) is 0 Å². The van der Waals surface area contributed by atoms with Crippen molar-refractivity contribution >= 4 is 11.7 Å². The molecule has 0 aliphatic heterocycles. The van der Waals surface area contributed by atoms with Crippen LogP contribution in [-0.4, -0.2) is 27.5 Å². The molecule has 1 amide bonds. The average Bonchev–Trinajstić information content (AvgIpc) is 2.27. The molecule has 1 atom stereocenters. The molecule has 2 N–H and O–H groups in total. The lowest BCUT2D eigenvalue weighted by atomic mass is 10.1. The lowest BCUT2D eigenvalue weighted by Gasteiger charge is -2.20. The van der Waals surface area contributed by atoms with Crippen LogP contribution in [0.25, 0.3) is 0 Å². The molecule has 0 radical (unpaired) electrons. The topological polar surface area (TPSA) is 66.9 Å². The summed E-state index contributed by atoms with van der Waals surface area (Å²) in [4.78, 5) is 20.0. The maximum atomic E-state index is 11.9. The van der Waals surface area contributed by atoms with Crippen molar-refractivity contribution in [2.24, 2.45) is 0 Å². The molecule has 18 heavy (non-hydrogen) atoms. The smallest absolute Gasteiger partial charge is 0.270 e. The molecule has 1 aromatic rings. The number of hydrogen-bond donors (Lipinski definition) is 2. The van der Waals surface area contributed by atoms with E-state index in [0.29, 0.717) is 17.6 Å². The molecule has 1 aromatic heterocycles. The third-order valence-electron chi connectivity index (χ3n) is 2.39. The largest absolute Gasteiger partial charge is 0.368 e. The first-order valence-corrected chi connectivity index (χ1v) is 6.23. The van der Waals surface area contributed by atoms with Gasteiger partial charge < -0.3 is 10.6 Å². The first kappa shape index (κ1) is 14.4. The second-order valence-electron chi connectivity index (χ2n) is 5.45. The third-order valence-corrected chi connectivity index (χ3v) is 2.39. The predicted molar refractivity (Wildman–Crippen MR) is 72.6 cm³/mol. The van der Waals surface area contributed by atoms with Crippen LogP contribution in [0.2, 0.25) is 0 Å². The van der Waals surface area contributed by atoms with Crippen molar-refractivity contribution < 1.29 is 4.79 Å². The summed E-state index contributed by atoms with van der Waals surface area (Å²) in [5.74, 6) is 0.496. The molecule has 1 unspecified atom stereocenters. The van der Waals surface area contributed by atoms with Gasteiger partial charge in [-0.05, 0) is 34.1 Å². The third kappa shape index (κ3) is 4.69. The molecule has 0 aliphatic carbocycles. The Kier molecular flexibility index (Phi) is 4.64. The molecule has 5 nitrogen and oxygen atoms in total. The summed E-state index contributed by atoms with van der Waals surface area (Å²) < 4.78 is 0. The maximum absolute atomic E-state index is 11.9. The van der Waals surface area contributed by atoms with Crippen molar-refractivity contribution in [3.05, 3.63) is 18.1 Å². The number of carbonyl (C=O) groups is 1. The van der Waals surface area contributed by atoms with Gasteiger partial charge in [-0.1, -0.05) is 6.92 Å². The van der Waals surface area contributed by atoms with Gasteiger partial charge in [0.15, 0.2) is 0 Å². The van der Waals surface area contributed by atoms with E-state index in [1.54, 1.807) is 6.07 Å². The second kappa shape index (κ2) is 5.80. The number of nitrogens with one attached hydrogen (secondary N) is 2. The van der Waals surface area contributed by atoms with Crippen LogP contribution in [0.4, 0.5) is 5.82 Å². The molecular weight excluding hydrogens is 228 g/mol. The van der Waals surface area contributed by atoms with Gasteiger partial charge in [0.05, 0.1) is 0 Å². The molecule has 1 heterocycles. The zero-order chi connectivity index (χ0) is 13.8. The van der Waals surface area contributed by atoms with Crippen LogP contribution in [0.5, 0.6) is 0 Å². The molecule has 0 fully saturated rings. The maximum Gasteiger partial charge on any atom is 0.270 e. The Morgan fingerprint density at radius 3 is 2.61 bits per heavy atom. The van der Waals surface area contributed by atoms with Crippen molar-refractivity contribution in [1.29, 1.82) is 0 Å². The number of nitrogens with zero attached hydrogens (tertiary/aromatic N) is 2. The van der Waals surface area contributed by atoms with Crippen molar-refractivity contribution in [3.8, 4) is 0 Å². The molecule has 1 rings (SSSR count). The average molecular weight is 250 g/mol. The van der Waals surface area contributed by atoms with Gasteiger partial charge >= 0.3 is 0 Å². The molecule has 100 valence electrons. The van der Waals surface area contributed by atoms with Crippen molar-refractivity contribution in [3.63, 3.8) is 0 Å². The number of anilines is 1. The minimum Gasteiger partial charge on any atom is -0.368 e. The molecule has 0 aromatic carbocycles. The Bertz CT molecular complexity index is 412. The zero-order valence-corrected chi connectivity index (χ0v) is 11.7. The highest BCUT2D eigenvalue weighted by Gasteiger charge is 2.16. The standard InChI is InChI=1S/C13H22N4O/c1-6-9(2)16-11-7-10(14-8-15-11)12(18)17-13(3,4)5/h7-9H,6H2,1-5H3,(H,17,18)(H,14,15,16). The Morgan fingerprint density at radius 2 is 2.06 bits per heavy atom. The Balaban J connectivity index is 2.78. The SMILES string of the molecule is CCC(C)Nc1cc(C(=O)NC(C)(C)C)ncn1. The summed E-state index contributed by atoms with van der Waals surface area (Å²) in [5.41, 5.74) is 0.109. The van der Waals surface area contributed by atoms with Crippen LogP contribution in [0.3, 0.4) is 0 Å². The van der Waals surface area contributed by atoms with E-state index in [1.165, 1.54) is 6.33 Å². The first-order chi connectivity index (χ1) is 8.31. The van der Waals surface area contributed by atoms with E-state index >= 15 is 0 Å². The van der Waals surface area contributed by atoms with Gasteiger partial charge in [0.1, 0.15) is 17.8 Å². The highest BCUT2D eigenvalue weighted by atomic mass is 16.2. The van der Waals surface area contributed by atoms with E-state index in [2.05, 4.69) is 34.4 Å². The second-order valence-corrected chi connectivity index (χ2v) is 5.45. The summed E-state index contributed by atoms with van der Waals surface area (Å²) in [5, 5.41) is 6.09. The number of aromatic nitrogens is 2. The lowest BCUT2D eigenvalue weighted by Crippen LogP contribution is -2.41. The fraction of sp³-hybridized carbons (Fsp3) is 0.615. The first-order valence-electron chi connectivity index (χ1n) is 6.23. The minimum absolute atomic E-state index is 0.183. The summed E-state index contributed by atoms with van der Waals surface area (Å²) in [6.07, 6.45) is 2.40. The molecule has 5 heteroatoms. The van der Waals surface area contributed by atoms with Gasteiger partial charge in [0, 0.05) is 17.6 Å². The highest BCUT2D eigenvalue weighted by Crippen LogP contribution is 2.08. The summed E-state index contributed by atoms with van der Waals surface area (Å²) >= 11 is 0. The zero-order valence-electron chi connectivity index (χ0n) is 11.7. The van der Waals surface area contributed by atoms with E-state index in [1.807, 2.05) is 20.8 Å². The highest BCUT2D eigenvalue weighted by molar-refractivity contribution is 5.93. The van der Waals surface area contributed by atoms with Gasteiger partial charge in [0.2, 0.25) is 0 Å². The summed E-state index contributed by atoms with van der Waals surface area (Å²) in [6.45, 7) is 9.96. The van der Waals surface area contributed by atoms with Crippen LogP contribution in [0.1, 0.15) is 51.5 Å². The Labute approximate surface area is 108 Å². The van der Waals surface area contributed by atoms with Crippen molar-refractivity contribution in [2.75, 3.05) is 5.32 Å². The lowest BCUT2D eigenvalue weighted by molar-refractivity contribution is 0.0914. The molecular formula is C13H22N4O. The Morgan fingerprint density at radius 1 is 1.39 bits per heavy atom. The van der Waals surface area contributed by atoms with E-state index in [-0.39, 0.29) is 11.4 Å². The summed E-state index contributed by atoms with van der Waals surface area (Å²) in [6, 6.07) is 1.99. The van der Waals surface area contributed by atoms with E-state index < -0.39 is 0 Å². The van der Waals surface area contributed by atoms with Crippen LogP contribution >= 0.6 is 0 Å². The van der Waals surface area contributed by atoms with Crippen molar-refractivity contribution in [2.45, 2.75) is 52.6 Å². The molecule has 0 saturated heterocycles. The molecule has 0 saturated carbocycles. The normalized spacial score (nSPS) is 12.9. The quantitative estimate of drug-likeness (QED) is 0.859. The van der Waals surface area contributed by atoms with Crippen LogP contribution in [-0.2, 0) is 0 Å². The predicted octanol–water partition coefficient (Wildman–Crippen LogP) is 2.22. The number of amides is 1. The Hall–Kier alpha value is -1.65. The van der Waals surface area contributed by atoms with Gasteiger partial charge in [0.25, 0.3) is 5.91 Å². The van der Waals surface area contributed by atoms with Gasteiger partial charge in [-0.2, -0.15) is 0 Å². The van der Waals surface area contributed by atoms with Gasteiger partial charge in [-0.25, -0.2) is 9.97 Å². The van der Waals surface area contributed by atoms with Gasteiger partial charge in [-0.15, -0.1) is 0 Å². The number of rotatable bonds is 4. The van der Waals surface area contributed by atoms with Crippen LogP contribution in [0.15, 0.2) is 12.4 Å². The monoisotopic (exact) mass is 250 g/mol.